The first-order valence-corrected chi connectivity index (χ1v) is 12.8. The van der Waals surface area contributed by atoms with Gasteiger partial charge in [-0.3, -0.25) is 0 Å². The third kappa shape index (κ3) is 5.11. The van der Waals surface area contributed by atoms with Crippen LogP contribution in [0, 0.1) is 5.82 Å². The SMILES string of the molecule is COC(=O)c1c(S(=O)(=O)[N-]c2ccc(F)cc2)sc2c1CC[NH+](CCCSC)C2. The number of carbonyl (C=O) groups is 1. The summed E-state index contributed by atoms with van der Waals surface area (Å²) in [5, 5.41) is 0. The highest BCUT2D eigenvalue weighted by atomic mass is 32.2. The Hall–Kier alpha value is -1.62. The van der Waals surface area contributed by atoms with Crippen LogP contribution in [0.15, 0.2) is 28.5 Å². The summed E-state index contributed by atoms with van der Waals surface area (Å²) in [6.07, 6.45) is 3.79. The lowest BCUT2D eigenvalue weighted by atomic mass is 10.0. The lowest BCUT2D eigenvalue weighted by molar-refractivity contribution is -0.915. The van der Waals surface area contributed by atoms with Crippen molar-refractivity contribution in [3.05, 3.63) is 50.8 Å². The monoisotopic (exact) mass is 458 g/mol. The van der Waals surface area contributed by atoms with Crippen LogP contribution in [-0.2, 0) is 27.7 Å². The molecule has 158 valence electrons. The van der Waals surface area contributed by atoms with Gasteiger partial charge in [-0.1, -0.05) is 12.1 Å². The van der Waals surface area contributed by atoms with Gasteiger partial charge in [-0.2, -0.15) is 11.8 Å². The Kier molecular flexibility index (Phi) is 7.20. The largest absolute Gasteiger partial charge is 0.572 e. The second-order valence-electron chi connectivity index (χ2n) is 6.72. The van der Waals surface area contributed by atoms with Crippen LogP contribution in [0.2, 0.25) is 0 Å². The van der Waals surface area contributed by atoms with E-state index in [0.717, 1.165) is 59.2 Å². The number of fused-ring (bicyclic) bond motifs is 1. The van der Waals surface area contributed by atoms with Gasteiger partial charge < -0.3 is 14.4 Å². The molecule has 1 aliphatic rings. The smallest absolute Gasteiger partial charge is 0.340 e. The molecule has 1 N–H and O–H groups in total. The van der Waals surface area contributed by atoms with Crippen molar-refractivity contribution in [3.8, 4) is 0 Å². The summed E-state index contributed by atoms with van der Waals surface area (Å²) in [5.41, 5.74) is 0.961. The van der Waals surface area contributed by atoms with E-state index in [0.29, 0.717) is 13.0 Å². The number of nitrogens with one attached hydrogen (secondary N) is 1. The lowest BCUT2D eigenvalue weighted by Gasteiger charge is -2.24. The lowest BCUT2D eigenvalue weighted by Crippen LogP contribution is -3.11. The Bertz CT molecular complexity index is 974. The topological polar surface area (TPSA) is 79.0 Å². The maximum Gasteiger partial charge on any atom is 0.340 e. The number of esters is 1. The molecule has 6 nitrogen and oxygen atoms in total. The van der Waals surface area contributed by atoms with Crippen molar-refractivity contribution in [1.82, 2.24) is 0 Å². The minimum absolute atomic E-state index is 0.0935. The summed E-state index contributed by atoms with van der Waals surface area (Å²) >= 11 is 2.90. The molecule has 1 atom stereocenters. The molecule has 3 rings (SSSR count). The normalized spacial score (nSPS) is 16.3. The van der Waals surface area contributed by atoms with Crippen molar-refractivity contribution in [1.29, 1.82) is 0 Å². The van der Waals surface area contributed by atoms with Gasteiger partial charge in [-0.25, -0.2) is 17.6 Å². The van der Waals surface area contributed by atoms with Gasteiger partial charge in [0, 0.05) is 12.8 Å². The third-order valence-corrected chi connectivity index (χ3v) is 8.48. The van der Waals surface area contributed by atoms with Crippen molar-refractivity contribution in [2.24, 2.45) is 0 Å². The van der Waals surface area contributed by atoms with Crippen LogP contribution in [0.4, 0.5) is 10.1 Å². The summed E-state index contributed by atoms with van der Waals surface area (Å²) < 4.78 is 47.6. The minimum Gasteiger partial charge on any atom is -0.572 e. The highest BCUT2D eigenvalue weighted by Crippen LogP contribution is 2.38. The number of hydrogen-bond donors (Lipinski definition) is 1. The summed E-state index contributed by atoms with van der Waals surface area (Å²) in [7, 11) is -2.90. The van der Waals surface area contributed by atoms with Gasteiger partial charge in [0.05, 0.1) is 30.6 Å². The molecule has 2 aromatic rings. The molecule has 1 aromatic carbocycles. The number of sulfonamides is 1. The predicted molar refractivity (Wildman–Crippen MR) is 113 cm³/mol. The maximum atomic E-state index is 13.1. The zero-order chi connectivity index (χ0) is 21.0. The van der Waals surface area contributed by atoms with Gasteiger partial charge in [0.2, 0.25) is 0 Å². The van der Waals surface area contributed by atoms with E-state index in [1.807, 2.05) is 11.8 Å². The van der Waals surface area contributed by atoms with Crippen molar-refractivity contribution >= 4 is 44.8 Å². The van der Waals surface area contributed by atoms with E-state index in [4.69, 9.17) is 4.74 Å². The Morgan fingerprint density at radius 3 is 2.72 bits per heavy atom. The Balaban J connectivity index is 1.92. The fourth-order valence-electron chi connectivity index (χ4n) is 3.36. The van der Waals surface area contributed by atoms with Crippen molar-refractivity contribution in [3.63, 3.8) is 0 Å². The number of nitrogens with zero attached hydrogens (tertiary/aromatic N) is 1. The number of thioether (sulfide) groups is 1. The number of methoxy groups -OCH3 is 1. The van der Waals surface area contributed by atoms with Gasteiger partial charge in [-0.15, -0.1) is 17.0 Å². The minimum atomic E-state index is -4.14. The Morgan fingerprint density at radius 1 is 1.34 bits per heavy atom. The number of hydrogen-bond acceptors (Lipinski definition) is 6. The van der Waals surface area contributed by atoms with Crippen LogP contribution < -0.4 is 4.90 Å². The fourth-order valence-corrected chi connectivity index (χ4v) is 6.71. The summed E-state index contributed by atoms with van der Waals surface area (Å²) in [6.45, 7) is 2.54. The number of thiophene rings is 1. The zero-order valence-corrected chi connectivity index (χ0v) is 18.7. The maximum absolute atomic E-state index is 13.1. The van der Waals surface area contributed by atoms with Crippen LogP contribution in [0.5, 0.6) is 0 Å². The zero-order valence-electron chi connectivity index (χ0n) is 16.2. The fraction of sp³-hybridized carbons (Fsp3) is 0.421. The van der Waals surface area contributed by atoms with Crippen LogP contribution >= 0.6 is 23.1 Å². The molecular weight excluding hydrogens is 435 g/mol. The van der Waals surface area contributed by atoms with Gasteiger partial charge in [0.1, 0.15) is 26.6 Å². The van der Waals surface area contributed by atoms with E-state index < -0.39 is 21.8 Å². The van der Waals surface area contributed by atoms with Gasteiger partial charge in [0.15, 0.2) is 0 Å². The molecule has 0 bridgehead atoms. The molecule has 0 saturated carbocycles. The molecule has 29 heavy (non-hydrogen) atoms. The standard InChI is InChI=1S/C19H22FN2O4S3/c1-26-18(23)17-15-8-10-22(9-3-11-27-2)12-16(15)28-19(17)29(24,25)21-14-6-4-13(20)5-7-14/h4-7H,3,8-12H2,1-2H3/q-1/p+1. The Morgan fingerprint density at radius 2 is 2.07 bits per heavy atom. The summed E-state index contributed by atoms with van der Waals surface area (Å²) in [4.78, 5) is 14.7. The summed E-state index contributed by atoms with van der Waals surface area (Å²) in [6, 6.07) is 4.86. The van der Waals surface area contributed by atoms with Crippen LogP contribution in [-0.4, -0.2) is 46.6 Å². The average Bonchev–Trinajstić information content (AvgIpc) is 3.09. The Labute approximate surface area is 178 Å². The molecule has 0 saturated heterocycles. The third-order valence-electron chi connectivity index (χ3n) is 4.75. The van der Waals surface area contributed by atoms with E-state index in [2.05, 4.69) is 11.0 Å². The number of quaternary nitrogens is 1. The number of carbonyl (C=O) groups excluding carboxylic acids is 1. The highest BCUT2D eigenvalue weighted by molar-refractivity contribution is 7.98. The number of halogens is 1. The first kappa shape index (κ1) is 22.1. The highest BCUT2D eigenvalue weighted by Gasteiger charge is 2.32. The molecule has 0 radical (unpaired) electrons. The van der Waals surface area contributed by atoms with Crippen molar-refractivity contribution in [2.75, 3.05) is 32.2 Å². The first-order valence-electron chi connectivity index (χ1n) is 9.14. The van der Waals surface area contributed by atoms with Gasteiger partial charge >= 0.3 is 5.97 Å². The van der Waals surface area contributed by atoms with E-state index in [1.54, 1.807) is 0 Å². The second-order valence-corrected chi connectivity index (χ2v) is 10.6. The molecule has 1 aromatic heterocycles. The van der Waals surface area contributed by atoms with Crippen LogP contribution in [0.25, 0.3) is 4.72 Å². The average molecular weight is 459 g/mol. The van der Waals surface area contributed by atoms with E-state index in [9.17, 15) is 17.6 Å². The number of benzene rings is 1. The van der Waals surface area contributed by atoms with E-state index in [1.165, 1.54) is 24.1 Å². The predicted octanol–water partition coefficient (Wildman–Crippen LogP) is 2.76. The quantitative estimate of drug-likeness (QED) is 0.486. The van der Waals surface area contributed by atoms with Gasteiger partial charge in [-0.05, 0) is 29.7 Å². The molecule has 0 fully saturated rings. The van der Waals surface area contributed by atoms with E-state index in [-0.39, 0.29) is 15.5 Å². The molecular formula is C19H23FN2O4S3. The molecule has 0 amide bonds. The molecule has 0 aliphatic carbocycles. The number of rotatable bonds is 8. The van der Waals surface area contributed by atoms with Crippen LogP contribution in [0.1, 0.15) is 27.2 Å². The van der Waals surface area contributed by atoms with Crippen LogP contribution in [0.3, 0.4) is 0 Å². The summed E-state index contributed by atoms with van der Waals surface area (Å²) in [5.74, 6) is -0.0568. The van der Waals surface area contributed by atoms with Crippen molar-refractivity contribution in [2.45, 2.75) is 23.6 Å². The molecule has 2 heterocycles. The van der Waals surface area contributed by atoms with Crippen molar-refractivity contribution < 1.29 is 27.2 Å². The molecule has 1 aliphatic heterocycles. The molecule has 0 spiro atoms. The second kappa shape index (κ2) is 9.46. The van der Waals surface area contributed by atoms with Gasteiger partial charge in [0.25, 0.3) is 0 Å². The first-order chi connectivity index (χ1) is 13.9. The van der Waals surface area contributed by atoms with E-state index >= 15 is 0 Å². The molecule has 10 heteroatoms. The number of ether oxygens (including phenoxy) is 1. The molecule has 1 unspecified atom stereocenters.